The van der Waals surface area contributed by atoms with Gasteiger partial charge in [-0.25, -0.2) is 0 Å². The number of hydrogen-bond acceptors (Lipinski definition) is 4. The molecule has 0 atom stereocenters. The van der Waals surface area contributed by atoms with E-state index in [2.05, 4.69) is 27.4 Å². The van der Waals surface area contributed by atoms with Crippen molar-refractivity contribution in [2.45, 2.75) is 33.7 Å². The summed E-state index contributed by atoms with van der Waals surface area (Å²) in [4.78, 5) is 4.32. The van der Waals surface area contributed by atoms with Crippen LogP contribution in [0.2, 0.25) is 0 Å². The highest BCUT2D eigenvalue weighted by atomic mass is 16.5. The number of aromatic amines is 1. The Morgan fingerprint density at radius 3 is 2.84 bits per heavy atom. The highest BCUT2D eigenvalue weighted by Gasteiger charge is 2.08. The maximum absolute atomic E-state index is 5.82. The second-order valence-corrected chi connectivity index (χ2v) is 4.60. The molecular weight excluding hydrogens is 240 g/mol. The van der Waals surface area contributed by atoms with Crippen molar-refractivity contribution in [2.24, 2.45) is 0 Å². The third-order valence-electron chi connectivity index (χ3n) is 2.72. The maximum Gasteiger partial charge on any atom is 0.238 e. The highest BCUT2D eigenvalue weighted by Crippen LogP contribution is 2.24. The number of ether oxygens (including phenoxy) is 1. The van der Waals surface area contributed by atoms with E-state index >= 15 is 0 Å². The summed E-state index contributed by atoms with van der Waals surface area (Å²) in [5.74, 6) is 1.39. The van der Waals surface area contributed by atoms with Crippen LogP contribution in [0, 0.1) is 13.8 Å². The lowest BCUT2D eigenvalue weighted by atomic mass is 10.2. The van der Waals surface area contributed by atoms with Crippen LogP contribution in [0.5, 0.6) is 11.6 Å². The lowest BCUT2D eigenvalue weighted by Crippen LogP contribution is -2.14. The van der Waals surface area contributed by atoms with Gasteiger partial charge in [-0.3, -0.25) is 10.1 Å². The fraction of sp³-hybridized carbons (Fsp3) is 0.429. The summed E-state index contributed by atoms with van der Waals surface area (Å²) >= 11 is 0. The number of rotatable bonds is 6. The molecule has 5 heteroatoms. The Kier molecular flexibility index (Phi) is 4.52. The largest absolute Gasteiger partial charge is 0.437 e. The first-order chi connectivity index (χ1) is 9.19. The third kappa shape index (κ3) is 3.79. The first kappa shape index (κ1) is 13.5. The molecule has 0 unspecified atom stereocenters. The van der Waals surface area contributed by atoms with Crippen molar-refractivity contribution in [3.63, 3.8) is 0 Å². The minimum absolute atomic E-state index is 0.583. The molecule has 0 radical (unpaired) electrons. The number of hydrogen-bond donors (Lipinski definition) is 2. The molecule has 0 aliphatic carbocycles. The minimum Gasteiger partial charge on any atom is -0.437 e. The molecule has 0 spiro atoms. The zero-order valence-corrected chi connectivity index (χ0v) is 11.7. The van der Waals surface area contributed by atoms with Crippen LogP contribution in [0.1, 0.15) is 30.3 Å². The molecule has 19 heavy (non-hydrogen) atoms. The SMILES string of the molecule is CCCNCc1cnc(C)cc1Oc1cc(C)[nH]n1. The molecular formula is C14H20N4O. The van der Waals surface area contributed by atoms with Gasteiger partial charge in [0.05, 0.1) is 0 Å². The van der Waals surface area contributed by atoms with E-state index in [4.69, 9.17) is 4.74 Å². The van der Waals surface area contributed by atoms with Crippen molar-refractivity contribution in [3.8, 4) is 11.6 Å². The van der Waals surface area contributed by atoms with Crippen LogP contribution in [0.4, 0.5) is 0 Å². The van der Waals surface area contributed by atoms with Crippen LogP contribution in [-0.4, -0.2) is 21.7 Å². The first-order valence-electron chi connectivity index (χ1n) is 6.55. The second kappa shape index (κ2) is 6.33. The fourth-order valence-electron chi connectivity index (χ4n) is 1.75. The van der Waals surface area contributed by atoms with E-state index in [1.54, 1.807) is 0 Å². The van der Waals surface area contributed by atoms with Gasteiger partial charge in [0.25, 0.3) is 0 Å². The topological polar surface area (TPSA) is 62.8 Å². The van der Waals surface area contributed by atoms with E-state index in [-0.39, 0.29) is 0 Å². The molecule has 0 bridgehead atoms. The van der Waals surface area contributed by atoms with Gasteiger partial charge in [0, 0.05) is 41.8 Å². The van der Waals surface area contributed by atoms with E-state index in [1.165, 1.54) is 0 Å². The quantitative estimate of drug-likeness (QED) is 0.784. The van der Waals surface area contributed by atoms with Crippen LogP contribution in [0.3, 0.4) is 0 Å². The van der Waals surface area contributed by atoms with Gasteiger partial charge < -0.3 is 10.1 Å². The molecule has 0 saturated carbocycles. The Hall–Kier alpha value is -1.88. The number of aromatic nitrogens is 3. The molecule has 0 amide bonds. The summed E-state index contributed by atoms with van der Waals surface area (Å²) in [5.41, 5.74) is 2.95. The van der Waals surface area contributed by atoms with Crippen molar-refractivity contribution >= 4 is 0 Å². The summed E-state index contributed by atoms with van der Waals surface area (Å²) in [6.07, 6.45) is 2.96. The Bertz CT molecular complexity index is 536. The maximum atomic E-state index is 5.82. The average Bonchev–Trinajstić information content (AvgIpc) is 2.78. The number of H-pyrrole nitrogens is 1. The molecule has 2 aromatic rings. The molecule has 2 aromatic heterocycles. The van der Waals surface area contributed by atoms with E-state index < -0.39 is 0 Å². The van der Waals surface area contributed by atoms with Crippen LogP contribution in [-0.2, 0) is 6.54 Å². The average molecular weight is 260 g/mol. The molecule has 5 nitrogen and oxygen atoms in total. The predicted octanol–water partition coefficient (Wildman–Crippen LogP) is 2.71. The third-order valence-corrected chi connectivity index (χ3v) is 2.72. The number of nitrogens with one attached hydrogen (secondary N) is 2. The predicted molar refractivity (Wildman–Crippen MR) is 74.4 cm³/mol. The van der Waals surface area contributed by atoms with Gasteiger partial charge in [0.1, 0.15) is 5.75 Å². The summed E-state index contributed by atoms with van der Waals surface area (Å²) in [5, 5.41) is 10.3. The molecule has 0 aliphatic heterocycles. The summed E-state index contributed by atoms with van der Waals surface area (Å²) in [6.45, 7) is 7.77. The lowest BCUT2D eigenvalue weighted by molar-refractivity contribution is 0.451. The van der Waals surface area contributed by atoms with Gasteiger partial charge in [0.2, 0.25) is 5.88 Å². The van der Waals surface area contributed by atoms with E-state index in [1.807, 2.05) is 32.2 Å². The normalized spacial score (nSPS) is 10.7. The highest BCUT2D eigenvalue weighted by molar-refractivity contribution is 5.35. The molecule has 2 heterocycles. The van der Waals surface area contributed by atoms with Crippen LogP contribution >= 0.6 is 0 Å². The lowest BCUT2D eigenvalue weighted by Gasteiger charge is -2.10. The second-order valence-electron chi connectivity index (χ2n) is 4.60. The Labute approximate surface area is 113 Å². The van der Waals surface area contributed by atoms with Crippen LogP contribution < -0.4 is 10.1 Å². The molecule has 0 aliphatic rings. The van der Waals surface area contributed by atoms with E-state index in [9.17, 15) is 0 Å². The Morgan fingerprint density at radius 1 is 1.32 bits per heavy atom. The molecule has 0 aromatic carbocycles. The van der Waals surface area contributed by atoms with Gasteiger partial charge in [-0.15, -0.1) is 5.10 Å². The zero-order valence-electron chi connectivity index (χ0n) is 11.7. The molecule has 0 saturated heterocycles. The Balaban J connectivity index is 2.14. The summed E-state index contributed by atoms with van der Waals surface area (Å²) in [7, 11) is 0. The van der Waals surface area contributed by atoms with Gasteiger partial charge >= 0.3 is 0 Å². The van der Waals surface area contributed by atoms with Crippen LogP contribution in [0.15, 0.2) is 18.3 Å². The summed E-state index contributed by atoms with van der Waals surface area (Å²) in [6, 6.07) is 3.81. The number of pyridine rings is 1. The van der Waals surface area contributed by atoms with Crippen molar-refractivity contribution in [1.29, 1.82) is 0 Å². The van der Waals surface area contributed by atoms with Gasteiger partial charge in [-0.2, -0.15) is 0 Å². The van der Waals surface area contributed by atoms with Gasteiger partial charge in [0.15, 0.2) is 0 Å². The number of aryl methyl sites for hydroxylation is 2. The monoisotopic (exact) mass is 260 g/mol. The van der Waals surface area contributed by atoms with Crippen molar-refractivity contribution in [2.75, 3.05) is 6.54 Å². The Morgan fingerprint density at radius 2 is 2.16 bits per heavy atom. The first-order valence-corrected chi connectivity index (χ1v) is 6.55. The minimum atomic E-state index is 0.583. The van der Waals surface area contributed by atoms with Crippen LogP contribution in [0.25, 0.3) is 0 Å². The van der Waals surface area contributed by atoms with E-state index in [0.717, 1.165) is 42.2 Å². The molecule has 2 N–H and O–H groups in total. The van der Waals surface area contributed by atoms with Crippen molar-refractivity contribution in [3.05, 3.63) is 35.3 Å². The van der Waals surface area contributed by atoms with Crippen molar-refractivity contribution in [1.82, 2.24) is 20.5 Å². The smallest absolute Gasteiger partial charge is 0.238 e. The molecule has 102 valence electrons. The van der Waals surface area contributed by atoms with E-state index in [0.29, 0.717) is 5.88 Å². The summed E-state index contributed by atoms with van der Waals surface area (Å²) < 4.78 is 5.82. The molecule has 2 rings (SSSR count). The zero-order chi connectivity index (χ0) is 13.7. The standard InChI is InChI=1S/C14H20N4O/c1-4-5-15-8-12-9-16-10(2)6-13(12)19-14-7-11(3)17-18-14/h6-7,9,15H,4-5,8H2,1-3H3,(H,17,18). The van der Waals surface area contributed by atoms with Gasteiger partial charge in [-0.1, -0.05) is 6.92 Å². The fourth-order valence-corrected chi connectivity index (χ4v) is 1.75. The number of nitrogens with zero attached hydrogens (tertiary/aromatic N) is 2. The van der Waals surface area contributed by atoms with Crippen molar-refractivity contribution < 1.29 is 4.74 Å². The molecule has 0 fully saturated rings. The van der Waals surface area contributed by atoms with Gasteiger partial charge in [-0.05, 0) is 26.8 Å².